The minimum Gasteiger partial charge on any atom is -0.352 e. The van der Waals surface area contributed by atoms with Gasteiger partial charge in [-0.25, -0.2) is 18.4 Å². The predicted molar refractivity (Wildman–Crippen MR) is 106 cm³/mol. The first kappa shape index (κ1) is 19.7. The molecule has 2 N–H and O–H groups in total. The lowest BCUT2D eigenvalue weighted by molar-refractivity contribution is -0.120. The van der Waals surface area contributed by atoms with E-state index in [4.69, 9.17) is 11.6 Å². The molecule has 0 spiro atoms. The van der Waals surface area contributed by atoms with Crippen LogP contribution in [0.4, 0.5) is 8.78 Å². The maximum absolute atomic E-state index is 13.2. The molecule has 2 aromatic carbocycles. The van der Waals surface area contributed by atoms with E-state index in [9.17, 15) is 18.4 Å². The summed E-state index contributed by atoms with van der Waals surface area (Å²) in [7, 11) is 0. The number of hydrogen-bond donors (Lipinski definition) is 2. The molecule has 0 aliphatic rings. The van der Waals surface area contributed by atoms with Gasteiger partial charge in [0.15, 0.2) is 5.82 Å². The van der Waals surface area contributed by atoms with Gasteiger partial charge >= 0.3 is 0 Å². The molecular weight excluding hydrogens is 416 g/mol. The molecule has 1 amide bonds. The molecule has 4 rings (SSSR count). The van der Waals surface area contributed by atoms with Gasteiger partial charge in [-0.15, -0.1) is 0 Å². The predicted octanol–water partition coefficient (Wildman–Crippen LogP) is 2.88. The van der Waals surface area contributed by atoms with E-state index in [1.165, 1.54) is 40.9 Å². The Bertz CT molecular complexity index is 1300. The summed E-state index contributed by atoms with van der Waals surface area (Å²) in [5, 5.41) is 13.3. The Hall–Kier alpha value is -3.59. The molecule has 0 atom stereocenters. The molecule has 7 nitrogen and oxygen atoms in total. The lowest BCUT2D eigenvalue weighted by Gasteiger charge is -2.07. The van der Waals surface area contributed by atoms with Crippen LogP contribution in [0.5, 0.6) is 0 Å². The van der Waals surface area contributed by atoms with E-state index in [0.717, 1.165) is 0 Å². The van der Waals surface area contributed by atoms with Crippen molar-refractivity contribution in [3.8, 4) is 11.3 Å². The normalized spacial score (nSPS) is 11.0. The molecule has 2 heterocycles. The van der Waals surface area contributed by atoms with Gasteiger partial charge in [-0.2, -0.15) is 10.2 Å². The summed E-state index contributed by atoms with van der Waals surface area (Å²) in [6, 6.07) is 11.4. The highest BCUT2D eigenvalue weighted by atomic mass is 35.5. The first-order chi connectivity index (χ1) is 14.4. The second-order valence-electron chi connectivity index (χ2n) is 6.50. The van der Waals surface area contributed by atoms with Crippen molar-refractivity contribution in [2.24, 2.45) is 0 Å². The summed E-state index contributed by atoms with van der Waals surface area (Å²) in [4.78, 5) is 24.5. The third-order valence-electron chi connectivity index (χ3n) is 4.41. The summed E-state index contributed by atoms with van der Waals surface area (Å²) in [6.45, 7) is 0.144. The van der Waals surface area contributed by atoms with E-state index < -0.39 is 11.4 Å². The molecule has 10 heteroatoms. The molecular formula is C20H14ClF2N5O2. The molecule has 0 radical (unpaired) electrons. The van der Waals surface area contributed by atoms with Crippen molar-refractivity contribution in [3.05, 3.63) is 86.9 Å². The van der Waals surface area contributed by atoms with Crippen LogP contribution < -0.4 is 10.9 Å². The van der Waals surface area contributed by atoms with Crippen molar-refractivity contribution >= 4 is 23.0 Å². The van der Waals surface area contributed by atoms with Crippen LogP contribution in [-0.2, 0) is 17.8 Å². The summed E-state index contributed by atoms with van der Waals surface area (Å²) in [5.41, 5.74) is 1.42. The van der Waals surface area contributed by atoms with Gasteiger partial charge in [-0.1, -0.05) is 17.7 Å². The standard InChI is InChI=1S/C20H14ClF2N5O2/c21-14-7-11(1-6-15(14)23)10-24-19(29)9-18-25-26-20(30)17-8-16(27-28(17)18)12-2-4-13(22)5-3-12/h1-8H,9-10H2,(H,24,29)(H,26,30). The zero-order valence-electron chi connectivity index (χ0n) is 15.3. The Morgan fingerprint density at radius 3 is 2.63 bits per heavy atom. The number of rotatable bonds is 5. The number of nitrogens with one attached hydrogen (secondary N) is 2. The van der Waals surface area contributed by atoms with E-state index >= 15 is 0 Å². The number of H-pyrrole nitrogens is 1. The molecule has 152 valence electrons. The zero-order valence-corrected chi connectivity index (χ0v) is 16.1. The van der Waals surface area contributed by atoms with Gasteiger partial charge in [0.05, 0.1) is 17.1 Å². The minimum absolute atomic E-state index is 0.0318. The average Bonchev–Trinajstić information content (AvgIpc) is 3.18. The van der Waals surface area contributed by atoms with Gasteiger partial charge in [0.2, 0.25) is 5.91 Å². The Labute approximate surface area is 173 Å². The maximum atomic E-state index is 13.2. The van der Waals surface area contributed by atoms with E-state index in [1.54, 1.807) is 12.1 Å². The Morgan fingerprint density at radius 1 is 1.13 bits per heavy atom. The van der Waals surface area contributed by atoms with Crippen LogP contribution in [0.3, 0.4) is 0 Å². The quantitative estimate of drug-likeness (QED) is 0.510. The van der Waals surface area contributed by atoms with Crippen LogP contribution in [0.2, 0.25) is 5.02 Å². The fraction of sp³-hybridized carbons (Fsp3) is 0.100. The number of hydrogen-bond acceptors (Lipinski definition) is 4. The monoisotopic (exact) mass is 429 g/mol. The lowest BCUT2D eigenvalue weighted by Crippen LogP contribution is -2.27. The van der Waals surface area contributed by atoms with Gasteiger partial charge in [-0.3, -0.25) is 9.59 Å². The molecule has 0 saturated carbocycles. The maximum Gasteiger partial charge on any atom is 0.290 e. The van der Waals surface area contributed by atoms with Crippen LogP contribution in [-0.4, -0.2) is 25.7 Å². The van der Waals surface area contributed by atoms with Crippen molar-refractivity contribution in [2.75, 3.05) is 0 Å². The highest BCUT2D eigenvalue weighted by molar-refractivity contribution is 6.30. The average molecular weight is 430 g/mol. The summed E-state index contributed by atoms with van der Waals surface area (Å²) in [5.74, 6) is -1.09. The van der Waals surface area contributed by atoms with E-state index in [2.05, 4.69) is 20.6 Å². The minimum atomic E-state index is -0.540. The van der Waals surface area contributed by atoms with Crippen LogP contribution in [0.15, 0.2) is 53.3 Å². The number of amides is 1. The third-order valence-corrected chi connectivity index (χ3v) is 4.69. The van der Waals surface area contributed by atoms with E-state index in [1.807, 2.05) is 0 Å². The number of aromatic amines is 1. The van der Waals surface area contributed by atoms with Crippen molar-refractivity contribution in [1.82, 2.24) is 25.1 Å². The van der Waals surface area contributed by atoms with Gasteiger partial charge in [0, 0.05) is 12.1 Å². The van der Waals surface area contributed by atoms with Gasteiger partial charge in [-0.05, 0) is 48.0 Å². The van der Waals surface area contributed by atoms with Crippen LogP contribution in [0.25, 0.3) is 16.8 Å². The van der Waals surface area contributed by atoms with Crippen molar-refractivity contribution in [3.63, 3.8) is 0 Å². The highest BCUT2D eigenvalue weighted by Gasteiger charge is 2.15. The molecule has 0 fully saturated rings. The van der Waals surface area contributed by atoms with E-state index in [0.29, 0.717) is 16.8 Å². The summed E-state index contributed by atoms with van der Waals surface area (Å²) in [6.07, 6.45) is -0.160. The number of halogens is 3. The number of nitrogens with zero attached hydrogens (tertiary/aromatic N) is 3. The third kappa shape index (κ3) is 4.06. The van der Waals surface area contributed by atoms with Crippen LogP contribution in [0.1, 0.15) is 11.4 Å². The van der Waals surface area contributed by atoms with Crippen LogP contribution in [0, 0.1) is 11.6 Å². The first-order valence-electron chi connectivity index (χ1n) is 8.84. The first-order valence-corrected chi connectivity index (χ1v) is 9.22. The topological polar surface area (TPSA) is 92.2 Å². The van der Waals surface area contributed by atoms with Gasteiger partial charge in [0.1, 0.15) is 17.2 Å². The second-order valence-corrected chi connectivity index (χ2v) is 6.91. The molecule has 0 aliphatic heterocycles. The number of aromatic nitrogens is 4. The van der Waals surface area contributed by atoms with Gasteiger partial charge in [0.25, 0.3) is 5.56 Å². The molecule has 0 unspecified atom stereocenters. The number of carbonyl (C=O) groups excluding carboxylic acids is 1. The van der Waals surface area contributed by atoms with E-state index in [-0.39, 0.29) is 41.1 Å². The van der Waals surface area contributed by atoms with Crippen molar-refractivity contribution in [2.45, 2.75) is 13.0 Å². The zero-order chi connectivity index (χ0) is 21.3. The fourth-order valence-corrected chi connectivity index (χ4v) is 3.10. The highest BCUT2D eigenvalue weighted by Crippen LogP contribution is 2.19. The molecule has 0 saturated heterocycles. The molecule has 0 aliphatic carbocycles. The summed E-state index contributed by atoms with van der Waals surface area (Å²) < 4.78 is 27.7. The Morgan fingerprint density at radius 2 is 1.90 bits per heavy atom. The molecule has 2 aromatic heterocycles. The summed E-state index contributed by atoms with van der Waals surface area (Å²) >= 11 is 5.74. The fourth-order valence-electron chi connectivity index (χ4n) is 2.89. The largest absolute Gasteiger partial charge is 0.352 e. The lowest BCUT2D eigenvalue weighted by atomic mass is 10.1. The number of fused-ring (bicyclic) bond motifs is 1. The molecule has 30 heavy (non-hydrogen) atoms. The number of carbonyl (C=O) groups is 1. The SMILES string of the molecule is O=C(Cc1n[nH]c(=O)c2cc(-c3ccc(F)cc3)nn12)NCc1ccc(F)c(Cl)c1. The van der Waals surface area contributed by atoms with Crippen molar-refractivity contribution in [1.29, 1.82) is 0 Å². The smallest absolute Gasteiger partial charge is 0.290 e. The molecule has 4 aromatic rings. The molecule has 0 bridgehead atoms. The van der Waals surface area contributed by atoms with Crippen LogP contribution >= 0.6 is 11.6 Å². The van der Waals surface area contributed by atoms with Crippen molar-refractivity contribution < 1.29 is 13.6 Å². The number of benzene rings is 2. The second kappa shape index (κ2) is 8.03. The Balaban J connectivity index is 1.55. The Kier molecular flexibility index (Phi) is 5.28. The van der Waals surface area contributed by atoms with Gasteiger partial charge < -0.3 is 5.32 Å².